The zero-order valence-electron chi connectivity index (χ0n) is 6.36. The molecule has 0 rings (SSSR count). The Bertz CT molecular complexity index is 88.6. The maximum Gasteiger partial charge on any atom is 0.260 e. The van der Waals surface area contributed by atoms with Crippen LogP contribution in [-0.2, 0) is 4.12 Å². The van der Waals surface area contributed by atoms with Gasteiger partial charge in [0.15, 0.2) is 9.04 Å². The van der Waals surface area contributed by atoms with E-state index in [9.17, 15) is 0 Å². The summed E-state index contributed by atoms with van der Waals surface area (Å²) in [6.07, 6.45) is 0. The van der Waals surface area contributed by atoms with E-state index in [4.69, 9.17) is 4.12 Å². The van der Waals surface area contributed by atoms with Crippen molar-refractivity contribution in [2.75, 3.05) is 0 Å². The molecule has 0 amide bonds. The van der Waals surface area contributed by atoms with Crippen molar-refractivity contribution in [2.45, 2.75) is 26.2 Å². The lowest BCUT2D eigenvalue weighted by atomic mass is 11.9. The third-order valence-electron chi connectivity index (χ3n) is 0.758. The third-order valence-corrected chi connectivity index (χ3v) is 9.35. The average Bonchev–Trinajstić information content (AvgIpc) is 1.63. The molecule has 2 nitrogen and oxygen atoms in total. The fourth-order valence-corrected chi connectivity index (χ4v) is 6.65. The third kappa shape index (κ3) is 5.52. The minimum atomic E-state index is -1.44. The van der Waals surface area contributed by atoms with Crippen molar-refractivity contribution in [3.63, 3.8) is 0 Å². The summed E-state index contributed by atoms with van der Waals surface area (Å²) in [7, 11) is -2.26. The lowest BCUT2D eigenvalue weighted by molar-refractivity contribution is 0.572. The van der Waals surface area contributed by atoms with Gasteiger partial charge in [0.1, 0.15) is 0 Å². The molecular formula is C4H14INOSi2. The molecule has 0 aliphatic rings. The smallest absolute Gasteiger partial charge is 0.260 e. The molecule has 0 aromatic heterocycles. The second-order valence-corrected chi connectivity index (χ2v) is 10.6. The normalized spacial score (nSPS) is 12.7. The number of rotatable bonds is 3. The second kappa shape index (κ2) is 4.07. The summed E-state index contributed by atoms with van der Waals surface area (Å²) in [6, 6.07) is 0. The van der Waals surface area contributed by atoms with Crippen LogP contribution in [0.3, 0.4) is 0 Å². The van der Waals surface area contributed by atoms with Crippen LogP contribution < -0.4 is 3.20 Å². The van der Waals surface area contributed by atoms with E-state index in [-0.39, 0.29) is 0 Å². The van der Waals surface area contributed by atoms with Gasteiger partial charge in [-0.2, -0.15) is 0 Å². The van der Waals surface area contributed by atoms with E-state index in [0.717, 1.165) is 0 Å². The molecular weight excluding hydrogens is 261 g/mol. The molecule has 0 aliphatic heterocycles. The van der Waals surface area contributed by atoms with E-state index in [2.05, 4.69) is 52.2 Å². The SMILES string of the molecule is C[SiH](C)O[Si](C)(C)NI. The molecule has 0 aromatic carbocycles. The monoisotopic (exact) mass is 275 g/mol. The molecule has 0 heterocycles. The summed E-state index contributed by atoms with van der Waals surface area (Å²) in [5.74, 6) is 0. The zero-order valence-corrected chi connectivity index (χ0v) is 10.7. The summed E-state index contributed by atoms with van der Waals surface area (Å²) in [4.78, 5) is 0. The van der Waals surface area contributed by atoms with Crippen molar-refractivity contribution < 1.29 is 4.12 Å². The van der Waals surface area contributed by atoms with E-state index in [1.165, 1.54) is 0 Å². The van der Waals surface area contributed by atoms with Gasteiger partial charge in [0.05, 0.1) is 0 Å². The van der Waals surface area contributed by atoms with Gasteiger partial charge in [-0.25, -0.2) is 0 Å². The molecule has 0 saturated heterocycles. The minimum absolute atomic E-state index is 0.819. The Morgan fingerprint density at radius 2 is 1.89 bits per heavy atom. The molecule has 0 saturated carbocycles. The Labute approximate surface area is 73.8 Å². The topological polar surface area (TPSA) is 21.3 Å². The molecule has 0 unspecified atom stereocenters. The minimum Gasteiger partial charge on any atom is -0.447 e. The van der Waals surface area contributed by atoms with Crippen molar-refractivity contribution in [1.29, 1.82) is 0 Å². The van der Waals surface area contributed by atoms with Gasteiger partial charge in [-0.15, -0.1) is 0 Å². The van der Waals surface area contributed by atoms with Gasteiger partial charge in [-0.3, -0.25) is 3.20 Å². The second-order valence-electron chi connectivity index (χ2n) is 2.77. The summed E-state index contributed by atoms with van der Waals surface area (Å²) < 4.78 is 8.94. The lowest BCUT2D eigenvalue weighted by Crippen LogP contribution is -2.45. The summed E-state index contributed by atoms with van der Waals surface area (Å²) in [6.45, 7) is 8.74. The van der Waals surface area contributed by atoms with E-state index in [0.29, 0.717) is 0 Å². The summed E-state index contributed by atoms with van der Waals surface area (Å²) in [5.41, 5.74) is 0. The first-order valence-corrected chi connectivity index (χ1v) is 9.80. The van der Waals surface area contributed by atoms with Crippen molar-refractivity contribution in [3.05, 3.63) is 0 Å². The average molecular weight is 275 g/mol. The van der Waals surface area contributed by atoms with E-state index >= 15 is 0 Å². The Kier molecular flexibility index (Phi) is 4.55. The van der Waals surface area contributed by atoms with E-state index in [1.807, 2.05) is 0 Å². The molecule has 56 valence electrons. The lowest BCUT2D eigenvalue weighted by Gasteiger charge is -2.22. The molecule has 0 atom stereocenters. The van der Waals surface area contributed by atoms with Gasteiger partial charge >= 0.3 is 0 Å². The molecule has 0 spiro atoms. The molecule has 1 N–H and O–H groups in total. The van der Waals surface area contributed by atoms with E-state index in [1.54, 1.807) is 0 Å². The highest BCUT2D eigenvalue weighted by molar-refractivity contribution is 14.1. The van der Waals surface area contributed by atoms with Crippen LogP contribution in [0.4, 0.5) is 0 Å². The largest absolute Gasteiger partial charge is 0.447 e. The maximum absolute atomic E-state index is 5.75. The molecule has 0 fully saturated rings. The van der Waals surface area contributed by atoms with Crippen LogP contribution in [0.15, 0.2) is 0 Å². The number of hydrogen-bond donors (Lipinski definition) is 1. The molecule has 5 heteroatoms. The Morgan fingerprint density at radius 3 is 2.00 bits per heavy atom. The number of halogens is 1. The summed E-state index contributed by atoms with van der Waals surface area (Å²) in [5, 5.41) is 0. The van der Waals surface area contributed by atoms with Gasteiger partial charge in [-0.05, 0) is 26.2 Å². The van der Waals surface area contributed by atoms with Crippen LogP contribution in [-0.4, -0.2) is 17.5 Å². The zero-order chi connectivity index (χ0) is 7.49. The number of nitrogens with one attached hydrogen (secondary N) is 1. The summed E-state index contributed by atoms with van der Waals surface area (Å²) >= 11 is 2.17. The van der Waals surface area contributed by atoms with Crippen LogP contribution >= 0.6 is 22.9 Å². The van der Waals surface area contributed by atoms with Gasteiger partial charge in [0.25, 0.3) is 8.48 Å². The maximum atomic E-state index is 5.75. The van der Waals surface area contributed by atoms with Crippen LogP contribution in [0.1, 0.15) is 0 Å². The van der Waals surface area contributed by atoms with Crippen LogP contribution in [0.2, 0.25) is 26.2 Å². The first kappa shape index (κ1) is 10.1. The van der Waals surface area contributed by atoms with Crippen LogP contribution in [0.5, 0.6) is 0 Å². The highest BCUT2D eigenvalue weighted by atomic mass is 127. The number of hydrogen-bond acceptors (Lipinski definition) is 2. The molecule has 0 aromatic rings. The first-order chi connectivity index (χ1) is 3.98. The predicted molar refractivity (Wildman–Crippen MR) is 54.6 cm³/mol. The van der Waals surface area contributed by atoms with Gasteiger partial charge < -0.3 is 4.12 Å². The highest BCUT2D eigenvalue weighted by Gasteiger charge is 2.21. The van der Waals surface area contributed by atoms with Crippen molar-refractivity contribution in [2.24, 2.45) is 0 Å². The highest BCUT2D eigenvalue weighted by Crippen LogP contribution is 2.03. The Morgan fingerprint density at radius 1 is 1.44 bits per heavy atom. The fourth-order valence-electron chi connectivity index (χ4n) is 0.612. The fraction of sp³-hybridized carbons (Fsp3) is 1.00. The Balaban J connectivity index is 3.58. The van der Waals surface area contributed by atoms with Crippen LogP contribution in [0, 0.1) is 0 Å². The molecule has 0 bridgehead atoms. The van der Waals surface area contributed by atoms with Crippen molar-refractivity contribution >= 4 is 40.4 Å². The first-order valence-electron chi connectivity index (χ1n) is 3.03. The molecule has 9 heavy (non-hydrogen) atoms. The molecule has 0 radical (unpaired) electrons. The van der Waals surface area contributed by atoms with E-state index < -0.39 is 17.5 Å². The Hall–Kier alpha value is 1.08. The van der Waals surface area contributed by atoms with Crippen LogP contribution in [0.25, 0.3) is 0 Å². The van der Waals surface area contributed by atoms with Crippen molar-refractivity contribution in [3.8, 4) is 0 Å². The standard InChI is InChI=1S/C4H14INOSi2/c1-8(2)7-9(3,4)6-5/h6,8H,1-4H3. The quantitative estimate of drug-likeness (QED) is 0.480. The molecule has 0 aliphatic carbocycles. The van der Waals surface area contributed by atoms with Gasteiger partial charge in [0, 0.05) is 22.9 Å². The van der Waals surface area contributed by atoms with Gasteiger partial charge in [-0.1, -0.05) is 0 Å². The van der Waals surface area contributed by atoms with Crippen molar-refractivity contribution in [1.82, 2.24) is 3.20 Å². The predicted octanol–water partition coefficient (Wildman–Crippen LogP) is 1.63. The van der Waals surface area contributed by atoms with Gasteiger partial charge in [0.2, 0.25) is 0 Å².